The molecule has 0 saturated heterocycles. The molecule has 0 heterocycles. The first-order chi connectivity index (χ1) is 21.4. The lowest BCUT2D eigenvalue weighted by atomic mass is 9.52. The molecule has 3 aliphatic rings. The molecule has 3 saturated carbocycles. The number of carbonyl (C=O) groups excluding carboxylic acids is 2. The Morgan fingerprint density at radius 1 is 0.913 bits per heavy atom. The van der Waals surface area contributed by atoms with Crippen LogP contribution in [0.5, 0.6) is 0 Å². The van der Waals surface area contributed by atoms with E-state index in [1.165, 1.54) is 17.3 Å². The average Bonchev–Trinajstić information content (AvgIpc) is 3.39. The second-order valence-electron chi connectivity index (χ2n) is 17.0. The molecule has 0 unspecified atom stereocenters. The van der Waals surface area contributed by atoms with Crippen LogP contribution in [-0.4, -0.2) is 50.3 Å². The van der Waals surface area contributed by atoms with Crippen LogP contribution >= 0.6 is 0 Å². The highest BCUT2D eigenvalue weighted by atomic mass is 28.4. The highest BCUT2D eigenvalue weighted by molar-refractivity contribution is 6.99. The Balaban J connectivity index is 1.66. The third-order valence-corrected chi connectivity index (χ3v) is 17.0. The van der Waals surface area contributed by atoms with E-state index in [0.717, 1.165) is 6.42 Å². The standard InChI is InChI=1S/C39H56O6Si/c1-25-29(24-43-46(37(6,7)8,27-17-13-11-14-18-27)28-19-15-12-16-20-28)39-22-21-30(41)33(39)34(44-26(2)40)38(9,10)32(39)23-31(25)45-35(42)36(3,4)5/h11-20,25,29-34,41H,21-24H2,1-10H3/t25-,29-,30+,31-,32-,33-,34-,39-/m0/s1. The van der Waals surface area contributed by atoms with Gasteiger partial charge in [-0.15, -0.1) is 0 Å². The SMILES string of the molecule is CC(=O)O[C@H]1[C@@H]2[C@H](O)CC[C@@]23[C@@H](CO[Si](c2ccccc2)(c2ccccc2)C(C)(C)C)[C@H](C)[C@@H](OC(=O)C(C)(C)C)C[C@H]3C1(C)C. The van der Waals surface area contributed by atoms with Gasteiger partial charge < -0.3 is 19.0 Å². The molecule has 7 heteroatoms. The number of aliphatic hydroxyl groups excluding tert-OH is 1. The summed E-state index contributed by atoms with van der Waals surface area (Å²) in [5.41, 5.74) is -1.40. The zero-order valence-electron chi connectivity index (χ0n) is 29.6. The fraction of sp³-hybridized carbons (Fsp3) is 0.641. The van der Waals surface area contributed by atoms with E-state index < -0.39 is 31.4 Å². The molecule has 252 valence electrons. The lowest BCUT2D eigenvalue weighted by molar-refractivity contribution is -0.178. The van der Waals surface area contributed by atoms with E-state index in [9.17, 15) is 14.7 Å². The van der Waals surface area contributed by atoms with E-state index in [1.807, 2.05) is 20.8 Å². The number of ether oxygens (including phenoxy) is 2. The van der Waals surface area contributed by atoms with Gasteiger partial charge in [-0.1, -0.05) is 102 Å². The van der Waals surface area contributed by atoms with Crippen molar-refractivity contribution < 1.29 is 28.6 Å². The van der Waals surface area contributed by atoms with Crippen molar-refractivity contribution in [1.29, 1.82) is 0 Å². The summed E-state index contributed by atoms with van der Waals surface area (Å²) >= 11 is 0. The predicted octanol–water partition coefficient (Wildman–Crippen LogP) is 6.52. The number of benzene rings is 2. The molecule has 8 atom stereocenters. The smallest absolute Gasteiger partial charge is 0.311 e. The number of aliphatic hydroxyl groups is 1. The van der Waals surface area contributed by atoms with Crippen LogP contribution in [0.25, 0.3) is 0 Å². The topological polar surface area (TPSA) is 82.1 Å². The molecule has 2 aromatic carbocycles. The fourth-order valence-corrected chi connectivity index (χ4v) is 14.5. The van der Waals surface area contributed by atoms with Crippen LogP contribution in [0.15, 0.2) is 60.7 Å². The van der Waals surface area contributed by atoms with Crippen LogP contribution in [0.2, 0.25) is 5.04 Å². The molecule has 0 bridgehead atoms. The van der Waals surface area contributed by atoms with Gasteiger partial charge in [-0.25, -0.2) is 0 Å². The van der Waals surface area contributed by atoms with Crippen LogP contribution in [0.1, 0.15) is 88.5 Å². The minimum Gasteiger partial charge on any atom is -0.462 e. The van der Waals surface area contributed by atoms with Gasteiger partial charge in [0.15, 0.2) is 0 Å². The number of carbonyl (C=O) groups is 2. The highest BCUT2D eigenvalue weighted by Gasteiger charge is 2.74. The molecule has 2 aromatic rings. The zero-order chi connectivity index (χ0) is 33.9. The Morgan fingerprint density at radius 3 is 1.93 bits per heavy atom. The van der Waals surface area contributed by atoms with Gasteiger partial charge >= 0.3 is 11.9 Å². The molecule has 1 spiro atoms. The van der Waals surface area contributed by atoms with Crippen molar-refractivity contribution in [2.24, 2.45) is 39.9 Å². The molecule has 6 nitrogen and oxygen atoms in total. The Hall–Kier alpha value is -2.48. The molecule has 0 amide bonds. The minimum absolute atomic E-state index is 0.0274. The van der Waals surface area contributed by atoms with Gasteiger partial charge in [-0.3, -0.25) is 9.59 Å². The van der Waals surface area contributed by atoms with Crippen molar-refractivity contribution in [2.75, 3.05) is 6.61 Å². The fourth-order valence-electron chi connectivity index (χ4n) is 9.91. The number of hydrogen-bond donors (Lipinski definition) is 1. The van der Waals surface area contributed by atoms with E-state index in [-0.39, 0.29) is 52.2 Å². The van der Waals surface area contributed by atoms with Gasteiger partial charge in [-0.2, -0.15) is 0 Å². The summed E-state index contributed by atoms with van der Waals surface area (Å²) in [4.78, 5) is 25.9. The maximum absolute atomic E-state index is 13.4. The lowest BCUT2D eigenvalue weighted by Gasteiger charge is -2.55. The van der Waals surface area contributed by atoms with Crippen LogP contribution in [0, 0.1) is 39.9 Å². The Labute approximate surface area is 277 Å². The van der Waals surface area contributed by atoms with Crippen LogP contribution in [0.4, 0.5) is 0 Å². The third-order valence-electron chi connectivity index (χ3n) is 12.0. The van der Waals surface area contributed by atoms with Gasteiger partial charge in [0, 0.05) is 24.9 Å². The Morgan fingerprint density at radius 2 is 1.46 bits per heavy atom. The third kappa shape index (κ3) is 5.58. The lowest BCUT2D eigenvalue weighted by Crippen LogP contribution is -2.67. The molecule has 0 radical (unpaired) electrons. The quantitative estimate of drug-likeness (QED) is 0.272. The van der Waals surface area contributed by atoms with Gasteiger partial charge in [0.1, 0.15) is 12.2 Å². The van der Waals surface area contributed by atoms with Crippen LogP contribution < -0.4 is 10.4 Å². The summed E-state index contributed by atoms with van der Waals surface area (Å²) in [5.74, 6) is -0.746. The second-order valence-corrected chi connectivity index (χ2v) is 21.3. The molecular formula is C39H56O6Si. The number of esters is 2. The molecule has 46 heavy (non-hydrogen) atoms. The van der Waals surface area contributed by atoms with Gasteiger partial charge in [0.2, 0.25) is 0 Å². The monoisotopic (exact) mass is 648 g/mol. The zero-order valence-corrected chi connectivity index (χ0v) is 30.6. The van der Waals surface area contributed by atoms with Crippen molar-refractivity contribution in [1.82, 2.24) is 0 Å². The Kier molecular flexibility index (Phi) is 9.24. The molecule has 0 aromatic heterocycles. The highest BCUT2D eigenvalue weighted by Crippen LogP contribution is 2.72. The summed E-state index contributed by atoms with van der Waals surface area (Å²) in [5, 5.41) is 13.9. The summed E-state index contributed by atoms with van der Waals surface area (Å²) in [7, 11) is -2.89. The summed E-state index contributed by atoms with van der Waals surface area (Å²) in [6.07, 6.45) is 0.821. The molecule has 1 N–H and O–H groups in total. The first kappa shape index (κ1) is 34.8. The number of rotatable bonds is 7. The van der Waals surface area contributed by atoms with E-state index in [0.29, 0.717) is 19.4 Å². The van der Waals surface area contributed by atoms with Crippen molar-refractivity contribution in [3.8, 4) is 0 Å². The first-order valence-corrected chi connectivity index (χ1v) is 19.1. The molecule has 5 rings (SSSR count). The normalized spacial score (nSPS) is 32.4. The van der Waals surface area contributed by atoms with E-state index >= 15 is 0 Å². The molecule has 0 aliphatic heterocycles. The van der Waals surface area contributed by atoms with Gasteiger partial charge in [0.25, 0.3) is 8.32 Å². The molecule has 3 aliphatic carbocycles. The maximum Gasteiger partial charge on any atom is 0.311 e. The van der Waals surface area contributed by atoms with E-state index in [1.54, 1.807) is 0 Å². The van der Waals surface area contributed by atoms with Crippen molar-refractivity contribution in [3.05, 3.63) is 60.7 Å². The minimum atomic E-state index is -2.89. The van der Waals surface area contributed by atoms with Crippen LogP contribution in [-0.2, 0) is 23.5 Å². The molecule has 3 fully saturated rings. The van der Waals surface area contributed by atoms with Crippen LogP contribution in [0.3, 0.4) is 0 Å². The van der Waals surface area contributed by atoms with Crippen molar-refractivity contribution >= 4 is 30.6 Å². The van der Waals surface area contributed by atoms with Gasteiger partial charge in [0.05, 0.1) is 11.5 Å². The van der Waals surface area contributed by atoms with Crippen molar-refractivity contribution in [3.63, 3.8) is 0 Å². The molecular weight excluding hydrogens is 593 g/mol. The van der Waals surface area contributed by atoms with E-state index in [4.69, 9.17) is 13.9 Å². The number of hydrogen-bond acceptors (Lipinski definition) is 6. The largest absolute Gasteiger partial charge is 0.462 e. The summed E-state index contributed by atoms with van der Waals surface area (Å²) in [6.45, 7) is 21.0. The van der Waals surface area contributed by atoms with Gasteiger partial charge in [-0.05, 0) is 78.6 Å². The summed E-state index contributed by atoms with van der Waals surface area (Å²) in [6, 6.07) is 21.3. The first-order valence-electron chi connectivity index (χ1n) is 17.2. The maximum atomic E-state index is 13.4. The van der Waals surface area contributed by atoms with Crippen molar-refractivity contribution in [2.45, 2.75) is 112 Å². The second kappa shape index (κ2) is 12.2. The summed E-state index contributed by atoms with van der Waals surface area (Å²) < 4.78 is 20.2. The van der Waals surface area contributed by atoms with E-state index in [2.05, 4.69) is 102 Å². The predicted molar refractivity (Wildman–Crippen MR) is 184 cm³/mol. The average molecular weight is 649 g/mol. The Bertz CT molecular complexity index is 1350.